The first-order valence-corrected chi connectivity index (χ1v) is 13.1. The Bertz CT molecular complexity index is 1170. The van der Waals surface area contributed by atoms with Gasteiger partial charge in [0.15, 0.2) is 0 Å². The predicted octanol–water partition coefficient (Wildman–Crippen LogP) is 5.87. The Balaban J connectivity index is 1.04. The van der Waals surface area contributed by atoms with Crippen molar-refractivity contribution in [2.45, 2.75) is 62.9 Å². The molecule has 2 saturated heterocycles. The molecule has 4 N–H and O–H groups in total. The Morgan fingerprint density at radius 3 is 1.46 bits per heavy atom. The van der Waals surface area contributed by atoms with Crippen LogP contribution in [0.2, 0.25) is 0 Å². The van der Waals surface area contributed by atoms with E-state index in [2.05, 4.69) is 94.1 Å². The molecule has 0 amide bonds. The summed E-state index contributed by atoms with van der Waals surface area (Å²) in [6, 6.07) is 22.5. The molecule has 178 valence electrons. The normalized spacial score (nSPS) is 27.3. The van der Waals surface area contributed by atoms with Gasteiger partial charge in [-0.25, -0.2) is 0 Å². The zero-order valence-corrected chi connectivity index (χ0v) is 19.9. The molecule has 3 aromatic rings. The lowest BCUT2D eigenvalue weighted by molar-refractivity contribution is 0.510. The zero-order chi connectivity index (χ0) is 23.2. The van der Waals surface area contributed by atoms with Crippen molar-refractivity contribution in [3.05, 3.63) is 95.3 Å². The van der Waals surface area contributed by atoms with E-state index < -0.39 is 0 Å². The fourth-order valence-corrected chi connectivity index (χ4v) is 5.93. The van der Waals surface area contributed by atoms with Gasteiger partial charge in [0.2, 0.25) is 0 Å². The minimum Gasteiger partial charge on any atom is -0.456 e. The zero-order valence-electron chi connectivity index (χ0n) is 19.9. The van der Waals surface area contributed by atoms with Gasteiger partial charge < -0.3 is 15.1 Å². The van der Waals surface area contributed by atoms with E-state index >= 15 is 0 Å². The maximum Gasteiger partial charge on any atom is 0.134 e. The lowest BCUT2D eigenvalue weighted by Gasteiger charge is -2.15. The Labute approximate surface area is 206 Å². The molecule has 5 nitrogen and oxygen atoms in total. The minimum absolute atomic E-state index is 0.188. The number of fused-ring (bicyclic) bond motifs is 2. The highest BCUT2D eigenvalue weighted by atomic mass is 16.3. The number of allylic oxidation sites excluding steroid dienone is 2. The summed E-state index contributed by atoms with van der Waals surface area (Å²) in [6.07, 6.45) is 12.4. The van der Waals surface area contributed by atoms with Crippen molar-refractivity contribution in [1.82, 2.24) is 21.3 Å². The van der Waals surface area contributed by atoms with Crippen molar-refractivity contribution in [1.29, 1.82) is 0 Å². The van der Waals surface area contributed by atoms with Crippen LogP contribution >= 0.6 is 0 Å². The van der Waals surface area contributed by atoms with E-state index in [0.717, 1.165) is 22.6 Å². The second kappa shape index (κ2) is 8.74. The molecule has 0 radical (unpaired) electrons. The molecule has 5 heteroatoms. The molecule has 7 rings (SSSR count). The highest BCUT2D eigenvalue weighted by Gasteiger charge is 2.30. The maximum atomic E-state index is 6.26. The Hall–Kier alpha value is -3.28. The summed E-state index contributed by atoms with van der Waals surface area (Å²) in [7, 11) is 0. The third-order valence-corrected chi connectivity index (χ3v) is 7.89. The summed E-state index contributed by atoms with van der Waals surface area (Å²) in [4.78, 5) is 0. The van der Waals surface area contributed by atoms with Crippen molar-refractivity contribution in [3.8, 4) is 22.6 Å². The predicted molar refractivity (Wildman–Crippen MR) is 139 cm³/mol. The van der Waals surface area contributed by atoms with Crippen LogP contribution in [0.4, 0.5) is 0 Å². The highest BCUT2D eigenvalue weighted by molar-refractivity contribution is 5.65. The van der Waals surface area contributed by atoms with Gasteiger partial charge in [-0.3, -0.25) is 10.6 Å². The van der Waals surface area contributed by atoms with Gasteiger partial charge in [0.25, 0.3) is 0 Å². The van der Waals surface area contributed by atoms with Gasteiger partial charge in [-0.15, -0.1) is 0 Å². The summed E-state index contributed by atoms with van der Waals surface area (Å²) in [5.41, 5.74) is 7.44. The van der Waals surface area contributed by atoms with E-state index in [-0.39, 0.29) is 12.3 Å². The van der Waals surface area contributed by atoms with Crippen LogP contribution in [0.3, 0.4) is 0 Å². The number of furan rings is 1. The second-order valence-corrected chi connectivity index (χ2v) is 10.2. The minimum atomic E-state index is 0.188. The average Bonchev–Trinajstić information content (AvgIpc) is 3.67. The van der Waals surface area contributed by atoms with E-state index in [1.807, 2.05) is 0 Å². The van der Waals surface area contributed by atoms with Crippen molar-refractivity contribution in [2.75, 3.05) is 0 Å². The number of benzene rings is 2. The number of hydrogen-bond acceptors (Lipinski definition) is 5. The van der Waals surface area contributed by atoms with E-state index in [1.165, 1.54) is 61.0 Å². The standard InChI is InChI=1S/C30H32N4O/c1-2-6-24-23(5-1)31-29(32-24)21-13-9-19(10-14-21)27-17-18-28(35-27)20-11-15-22(16-12-20)30-33-25-7-3-4-8-26(25)34-30/h5,7,9-18,24,26,29-34H,1-4,6,8H2. The topological polar surface area (TPSA) is 61.3 Å². The van der Waals surface area contributed by atoms with Crippen LogP contribution in [0.25, 0.3) is 22.6 Å². The average molecular weight is 465 g/mol. The van der Waals surface area contributed by atoms with Crippen LogP contribution in [0.1, 0.15) is 62.0 Å². The highest BCUT2D eigenvalue weighted by Crippen LogP contribution is 2.33. The number of rotatable bonds is 4. The van der Waals surface area contributed by atoms with Crippen LogP contribution in [-0.2, 0) is 0 Å². The summed E-state index contributed by atoms with van der Waals surface area (Å²) >= 11 is 0. The van der Waals surface area contributed by atoms with Crippen LogP contribution in [0, 0.1) is 0 Å². The van der Waals surface area contributed by atoms with E-state index in [0.29, 0.717) is 12.1 Å². The molecule has 3 heterocycles. The first-order chi connectivity index (χ1) is 17.3. The molecule has 2 aliphatic heterocycles. The van der Waals surface area contributed by atoms with Gasteiger partial charge in [0, 0.05) is 34.6 Å². The van der Waals surface area contributed by atoms with E-state index in [4.69, 9.17) is 4.42 Å². The molecule has 2 fully saturated rings. The monoisotopic (exact) mass is 464 g/mol. The van der Waals surface area contributed by atoms with Crippen molar-refractivity contribution >= 4 is 0 Å². The smallest absolute Gasteiger partial charge is 0.134 e. The molecule has 4 atom stereocenters. The fourth-order valence-electron chi connectivity index (χ4n) is 5.93. The molecule has 1 aromatic heterocycles. The van der Waals surface area contributed by atoms with Gasteiger partial charge in [0.05, 0.1) is 0 Å². The van der Waals surface area contributed by atoms with E-state index in [9.17, 15) is 0 Å². The maximum absolute atomic E-state index is 6.26. The second-order valence-electron chi connectivity index (χ2n) is 10.2. The summed E-state index contributed by atoms with van der Waals surface area (Å²) in [5, 5.41) is 14.7. The van der Waals surface area contributed by atoms with Gasteiger partial charge >= 0.3 is 0 Å². The van der Waals surface area contributed by atoms with E-state index in [1.54, 1.807) is 0 Å². The quantitative estimate of drug-likeness (QED) is 0.389. The number of hydrogen-bond donors (Lipinski definition) is 4. The van der Waals surface area contributed by atoms with Crippen molar-refractivity contribution in [2.24, 2.45) is 0 Å². The molecule has 0 saturated carbocycles. The van der Waals surface area contributed by atoms with Crippen LogP contribution in [0.5, 0.6) is 0 Å². The molecule has 35 heavy (non-hydrogen) atoms. The molecule has 2 aliphatic carbocycles. The largest absolute Gasteiger partial charge is 0.456 e. The molecule has 2 aromatic carbocycles. The Morgan fingerprint density at radius 2 is 1.03 bits per heavy atom. The Kier molecular flexibility index (Phi) is 5.25. The first kappa shape index (κ1) is 21.0. The summed E-state index contributed by atoms with van der Waals surface area (Å²) in [6.45, 7) is 0. The summed E-state index contributed by atoms with van der Waals surface area (Å²) < 4.78 is 6.26. The lowest BCUT2D eigenvalue weighted by atomic mass is 10.0. The van der Waals surface area contributed by atoms with Gasteiger partial charge in [-0.1, -0.05) is 60.7 Å². The third-order valence-electron chi connectivity index (χ3n) is 7.89. The molecule has 0 spiro atoms. The SMILES string of the molecule is C1=C2NC(c3ccc(-c4ccc(-c5ccc(C6NC7=CCCCC7N6)cc5)o4)cc3)NC2CCC1. The Morgan fingerprint density at radius 1 is 0.571 bits per heavy atom. The molecule has 4 unspecified atom stereocenters. The molecular weight excluding hydrogens is 432 g/mol. The molecular formula is C30H32N4O. The summed E-state index contributed by atoms with van der Waals surface area (Å²) in [5.74, 6) is 1.80. The van der Waals surface area contributed by atoms with Crippen molar-refractivity contribution < 1.29 is 4.42 Å². The molecule has 4 aliphatic rings. The van der Waals surface area contributed by atoms with Gasteiger partial charge in [-0.2, -0.15) is 0 Å². The number of nitrogens with one attached hydrogen (secondary N) is 4. The van der Waals surface area contributed by atoms with Crippen LogP contribution < -0.4 is 21.3 Å². The van der Waals surface area contributed by atoms with Gasteiger partial charge in [-0.05, 0) is 61.8 Å². The first-order valence-electron chi connectivity index (χ1n) is 13.1. The fraction of sp³-hybridized carbons (Fsp3) is 0.333. The lowest BCUT2D eigenvalue weighted by Crippen LogP contribution is -2.26. The van der Waals surface area contributed by atoms with Gasteiger partial charge in [0.1, 0.15) is 23.9 Å². The molecule has 0 bridgehead atoms. The van der Waals surface area contributed by atoms with Crippen LogP contribution in [-0.4, -0.2) is 12.1 Å². The van der Waals surface area contributed by atoms with Crippen molar-refractivity contribution in [3.63, 3.8) is 0 Å². The third kappa shape index (κ3) is 3.99. The van der Waals surface area contributed by atoms with Crippen LogP contribution in [0.15, 0.2) is 88.6 Å².